The first-order valence-corrected chi connectivity index (χ1v) is 8.91. The van der Waals surface area contributed by atoms with Gasteiger partial charge in [-0.15, -0.1) is 11.3 Å². The van der Waals surface area contributed by atoms with Gasteiger partial charge in [0.25, 0.3) is 11.8 Å². The van der Waals surface area contributed by atoms with E-state index in [0.717, 1.165) is 10.6 Å². The Morgan fingerprint density at radius 2 is 2.20 bits per heavy atom. The first-order valence-electron chi connectivity index (χ1n) is 8.10. The zero-order chi connectivity index (χ0) is 18.2. The molecule has 0 saturated heterocycles. The Bertz CT molecular complexity index is 849. The van der Waals surface area contributed by atoms with Crippen LogP contribution in [0, 0.1) is 0 Å². The van der Waals surface area contributed by atoms with Crippen LogP contribution in [0.5, 0.6) is 0 Å². The number of carbonyl (C=O) groups excluding carboxylic acids is 2. The first-order chi connectivity index (χ1) is 11.8. The number of anilines is 1. The van der Waals surface area contributed by atoms with Gasteiger partial charge >= 0.3 is 0 Å². The van der Waals surface area contributed by atoms with Crippen LogP contribution in [-0.2, 0) is 23.3 Å². The van der Waals surface area contributed by atoms with Crippen molar-refractivity contribution >= 4 is 28.8 Å². The third-order valence-electron chi connectivity index (χ3n) is 4.12. The van der Waals surface area contributed by atoms with Crippen molar-refractivity contribution in [2.24, 2.45) is 0 Å². The van der Waals surface area contributed by atoms with Crippen LogP contribution in [0.4, 0.5) is 5.69 Å². The SMILES string of the molecule is C=CC(=O)N(Cc1ncc(C(C)(C)C)s1)c1ccc2c(c1)C(=O)NC2. The molecule has 2 aromatic rings. The van der Waals surface area contributed by atoms with Crippen molar-refractivity contribution in [1.82, 2.24) is 10.3 Å². The summed E-state index contributed by atoms with van der Waals surface area (Å²) in [5.41, 5.74) is 2.26. The van der Waals surface area contributed by atoms with Crippen LogP contribution in [-0.4, -0.2) is 16.8 Å². The van der Waals surface area contributed by atoms with Crippen LogP contribution in [0.15, 0.2) is 37.1 Å². The van der Waals surface area contributed by atoms with E-state index in [1.807, 2.05) is 18.3 Å². The van der Waals surface area contributed by atoms with E-state index < -0.39 is 0 Å². The molecule has 6 heteroatoms. The summed E-state index contributed by atoms with van der Waals surface area (Å²) >= 11 is 1.60. The molecule has 25 heavy (non-hydrogen) atoms. The molecule has 1 aromatic heterocycles. The van der Waals surface area contributed by atoms with Gasteiger partial charge in [0.05, 0.1) is 6.54 Å². The van der Waals surface area contributed by atoms with Gasteiger partial charge in [-0.1, -0.05) is 33.4 Å². The topological polar surface area (TPSA) is 62.3 Å². The molecule has 0 bridgehead atoms. The molecule has 130 valence electrons. The molecule has 0 aliphatic carbocycles. The van der Waals surface area contributed by atoms with E-state index in [1.165, 1.54) is 11.0 Å². The Morgan fingerprint density at radius 1 is 1.44 bits per heavy atom. The monoisotopic (exact) mass is 355 g/mol. The van der Waals surface area contributed by atoms with E-state index in [9.17, 15) is 9.59 Å². The van der Waals surface area contributed by atoms with Crippen LogP contribution in [0.2, 0.25) is 0 Å². The highest BCUT2D eigenvalue weighted by Crippen LogP contribution is 2.30. The second kappa shape index (κ2) is 6.44. The summed E-state index contributed by atoms with van der Waals surface area (Å²) in [7, 11) is 0. The van der Waals surface area contributed by atoms with Crippen molar-refractivity contribution in [2.75, 3.05) is 4.90 Å². The number of rotatable bonds is 4. The fourth-order valence-electron chi connectivity index (χ4n) is 2.64. The second-order valence-electron chi connectivity index (χ2n) is 7.02. The first kappa shape index (κ1) is 17.4. The zero-order valence-electron chi connectivity index (χ0n) is 14.6. The van der Waals surface area contributed by atoms with Gasteiger partial charge in [0.15, 0.2) is 0 Å². The van der Waals surface area contributed by atoms with E-state index in [-0.39, 0.29) is 17.2 Å². The quantitative estimate of drug-likeness (QED) is 0.855. The maximum atomic E-state index is 12.4. The molecule has 2 amide bonds. The molecule has 0 atom stereocenters. The summed E-state index contributed by atoms with van der Waals surface area (Å²) in [5.74, 6) is -0.321. The van der Waals surface area contributed by atoms with Crippen molar-refractivity contribution < 1.29 is 9.59 Å². The predicted molar refractivity (Wildman–Crippen MR) is 99.8 cm³/mol. The molecule has 2 heterocycles. The molecule has 0 unspecified atom stereocenters. The number of thiazole rings is 1. The number of carbonyl (C=O) groups is 2. The molecule has 1 N–H and O–H groups in total. The van der Waals surface area contributed by atoms with E-state index in [4.69, 9.17) is 0 Å². The van der Waals surface area contributed by atoms with Gasteiger partial charge < -0.3 is 10.2 Å². The smallest absolute Gasteiger partial charge is 0.251 e. The molecule has 3 rings (SSSR count). The zero-order valence-corrected chi connectivity index (χ0v) is 15.4. The largest absolute Gasteiger partial charge is 0.348 e. The summed E-state index contributed by atoms with van der Waals surface area (Å²) in [6, 6.07) is 5.50. The number of amides is 2. The number of nitrogens with one attached hydrogen (secondary N) is 1. The summed E-state index contributed by atoms with van der Waals surface area (Å²) in [5, 5.41) is 3.64. The summed E-state index contributed by atoms with van der Waals surface area (Å²) in [4.78, 5) is 31.5. The molecular formula is C19H21N3O2S. The summed E-state index contributed by atoms with van der Waals surface area (Å²) < 4.78 is 0. The normalized spacial score (nSPS) is 13.3. The number of aromatic nitrogens is 1. The molecule has 0 spiro atoms. The standard InChI is InChI=1S/C19H21N3O2S/c1-5-17(23)22(11-16-20-10-15(25-16)19(2,3)4)13-7-6-12-9-21-18(24)14(12)8-13/h5-8,10H,1,9,11H2,2-4H3,(H,21,24). The van der Waals surface area contributed by atoms with Crippen molar-refractivity contribution in [3.05, 3.63) is 58.1 Å². The maximum absolute atomic E-state index is 12.4. The molecular weight excluding hydrogens is 334 g/mol. The molecule has 1 aliphatic heterocycles. The minimum absolute atomic E-state index is 0.0227. The minimum Gasteiger partial charge on any atom is -0.348 e. The van der Waals surface area contributed by atoms with Gasteiger partial charge in [0, 0.05) is 28.9 Å². The van der Waals surface area contributed by atoms with Crippen LogP contribution in [0.1, 0.15) is 46.6 Å². The third kappa shape index (κ3) is 3.49. The maximum Gasteiger partial charge on any atom is 0.251 e. The Morgan fingerprint density at radius 3 is 2.84 bits per heavy atom. The van der Waals surface area contributed by atoms with Gasteiger partial charge in [0.1, 0.15) is 5.01 Å². The second-order valence-corrected chi connectivity index (χ2v) is 8.14. The lowest BCUT2D eigenvalue weighted by molar-refractivity contribution is -0.114. The van der Waals surface area contributed by atoms with Crippen molar-refractivity contribution in [3.8, 4) is 0 Å². The fourth-order valence-corrected chi connectivity index (χ4v) is 3.61. The van der Waals surface area contributed by atoms with Crippen LogP contribution < -0.4 is 10.2 Å². The highest BCUT2D eigenvalue weighted by molar-refractivity contribution is 7.11. The number of hydrogen-bond acceptors (Lipinski definition) is 4. The van der Waals surface area contributed by atoms with E-state index in [0.29, 0.717) is 24.3 Å². The van der Waals surface area contributed by atoms with Gasteiger partial charge in [-0.05, 0) is 29.2 Å². The van der Waals surface area contributed by atoms with Crippen molar-refractivity contribution in [3.63, 3.8) is 0 Å². The Labute approximate surface area is 151 Å². The number of nitrogens with zero attached hydrogens (tertiary/aromatic N) is 2. The Hall–Kier alpha value is -2.47. The Kier molecular flexibility index (Phi) is 4.47. The number of hydrogen-bond donors (Lipinski definition) is 1. The fraction of sp³-hybridized carbons (Fsp3) is 0.316. The average molecular weight is 355 g/mol. The van der Waals surface area contributed by atoms with Crippen molar-refractivity contribution in [1.29, 1.82) is 0 Å². The average Bonchev–Trinajstić information content (AvgIpc) is 3.19. The van der Waals surface area contributed by atoms with Gasteiger partial charge in [-0.2, -0.15) is 0 Å². The molecule has 0 fully saturated rings. The van der Waals surface area contributed by atoms with E-state index >= 15 is 0 Å². The van der Waals surface area contributed by atoms with Gasteiger partial charge in [-0.25, -0.2) is 4.98 Å². The van der Waals surface area contributed by atoms with Crippen molar-refractivity contribution in [2.45, 2.75) is 39.3 Å². The molecule has 5 nitrogen and oxygen atoms in total. The lowest BCUT2D eigenvalue weighted by Gasteiger charge is -2.21. The third-order valence-corrected chi connectivity index (χ3v) is 5.52. The van der Waals surface area contributed by atoms with Crippen LogP contribution in [0.25, 0.3) is 0 Å². The van der Waals surface area contributed by atoms with Crippen LogP contribution in [0.3, 0.4) is 0 Å². The number of benzene rings is 1. The van der Waals surface area contributed by atoms with Gasteiger partial charge in [-0.3, -0.25) is 9.59 Å². The summed E-state index contributed by atoms with van der Waals surface area (Å²) in [6.45, 7) is 10.9. The highest BCUT2D eigenvalue weighted by atomic mass is 32.1. The van der Waals surface area contributed by atoms with E-state index in [2.05, 4.69) is 37.7 Å². The Balaban J connectivity index is 1.92. The molecule has 0 saturated carbocycles. The summed E-state index contributed by atoms with van der Waals surface area (Å²) in [6.07, 6.45) is 3.15. The van der Waals surface area contributed by atoms with E-state index in [1.54, 1.807) is 22.3 Å². The molecule has 1 aromatic carbocycles. The van der Waals surface area contributed by atoms with Crippen LogP contribution >= 0.6 is 11.3 Å². The lowest BCUT2D eigenvalue weighted by atomic mass is 9.96. The minimum atomic E-state index is -0.217. The highest BCUT2D eigenvalue weighted by Gasteiger charge is 2.23. The number of fused-ring (bicyclic) bond motifs is 1. The van der Waals surface area contributed by atoms with Gasteiger partial charge in [0.2, 0.25) is 0 Å². The predicted octanol–water partition coefficient (Wildman–Crippen LogP) is 3.40. The molecule has 0 radical (unpaired) electrons. The molecule has 1 aliphatic rings. The lowest BCUT2D eigenvalue weighted by Crippen LogP contribution is -2.28.